The monoisotopic (exact) mass is 382 g/mol. The van der Waals surface area contributed by atoms with Crippen LogP contribution in [0.3, 0.4) is 0 Å². The minimum Gasteiger partial charge on any atom is -0.326 e. The molecule has 9 heteroatoms. The summed E-state index contributed by atoms with van der Waals surface area (Å²) in [6.45, 7) is 3.08. The van der Waals surface area contributed by atoms with Crippen molar-refractivity contribution in [1.82, 2.24) is 19.9 Å². The van der Waals surface area contributed by atoms with Crippen molar-refractivity contribution in [3.8, 4) is 11.5 Å². The van der Waals surface area contributed by atoms with Crippen LogP contribution in [-0.2, 0) is 4.79 Å². The van der Waals surface area contributed by atoms with E-state index >= 15 is 0 Å². The molecular weight excluding hydrogens is 368 g/mol. The van der Waals surface area contributed by atoms with E-state index in [9.17, 15) is 9.59 Å². The fourth-order valence-electron chi connectivity index (χ4n) is 2.30. The summed E-state index contributed by atoms with van der Waals surface area (Å²) in [6, 6.07) is 9.95. The summed E-state index contributed by atoms with van der Waals surface area (Å²) < 4.78 is 0. The number of benzene rings is 1. The fraction of sp³-hybridized carbons (Fsp3) is 0.111. The molecule has 0 radical (unpaired) electrons. The Balaban J connectivity index is 1.84. The van der Waals surface area contributed by atoms with E-state index < -0.39 is 5.91 Å². The van der Waals surface area contributed by atoms with Crippen LogP contribution in [-0.4, -0.2) is 31.8 Å². The first-order valence-corrected chi connectivity index (χ1v) is 8.33. The molecule has 3 aromatic rings. The Bertz CT molecular complexity index is 1010. The average Bonchev–Trinajstić information content (AvgIpc) is 2.61. The molecule has 0 saturated carbocycles. The Hall–Kier alpha value is -3.39. The molecule has 0 bridgehead atoms. The van der Waals surface area contributed by atoms with Crippen molar-refractivity contribution in [1.29, 1.82) is 0 Å². The Morgan fingerprint density at radius 3 is 2.52 bits per heavy atom. The van der Waals surface area contributed by atoms with Gasteiger partial charge in [-0.3, -0.25) is 19.9 Å². The Labute approximate surface area is 160 Å². The third-order valence-electron chi connectivity index (χ3n) is 3.40. The number of aromatic nitrogens is 4. The first kappa shape index (κ1) is 18.4. The molecule has 136 valence electrons. The van der Waals surface area contributed by atoms with Gasteiger partial charge in [-0.1, -0.05) is 17.7 Å². The zero-order chi connectivity index (χ0) is 19.4. The molecule has 0 aliphatic carbocycles. The predicted octanol–water partition coefficient (Wildman–Crippen LogP) is 3.11. The van der Waals surface area contributed by atoms with Crippen molar-refractivity contribution >= 4 is 35.1 Å². The van der Waals surface area contributed by atoms with E-state index in [0.29, 0.717) is 23.0 Å². The van der Waals surface area contributed by atoms with Crippen LogP contribution in [0.5, 0.6) is 0 Å². The lowest BCUT2D eigenvalue weighted by Crippen LogP contribution is -2.16. The van der Waals surface area contributed by atoms with Gasteiger partial charge in [-0.25, -0.2) is 4.98 Å². The van der Waals surface area contributed by atoms with Gasteiger partial charge in [0, 0.05) is 18.8 Å². The number of rotatable bonds is 4. The molecule has 3 rings (SSSR count). The molecule has 0 fully saturated rings. The van der Waals surface area contributed by atoms with Crippen LogP contribution in [0.1, 0.15) is 23.1 Å². The van der Waals surface area contributed by atoms with Crippen molar-refractivity contribution in [3.05, 3.63) is 59.0 Å². The van der Waals surface area contributed by atoms with Gasteiger partial charge in [-0.15, -0.1) is 0 Å². The molecule has 0 saturated heterocycles. The van der Waals surface area contributed by atoms with E-state index in [1.54, 1.807) is 31.3 Å². The smallest absolute Gasteiger partial charge is 0.259 e. The summed E-state index contributed by atoms with van der Waals surface area (Å²) in [7, 11) is 0. The molecule has 0 unspecified atom stereocenters. The molecule has 2 aromatic heterocycles. The predicted molar refractivity (Wildman–Crippen MR) is 102 cm³/mol. The third-order valence-corrected chi connectivity index (χ3v) is 3.71. The van der Waals surface area contributed by atoms with Gasteiger partial charge >= 0.3 is 0 Å². The lowest BCUT2D eigenvalue weighted by atomic mass is 10.2. The van der Waals surface area contributed by atoms with E-state index in [1.807, 2.05) is 6.07 Å². The summed E-state index contributed by atoms with van der Waals surface area (Å²) in [5, 5.41) is 5.40. The van der Waals surface area contributed by atoms with Crippen LogP contribution in [0.4, 0.5) is 11.6 Å². The van der Waals surface area contributed by atoms with Crippen LogP contribution < -0.4 is 10.6 Å². The van der Waals surface area contributed by atoms with E-state index in [0.717, 1.165) is 0 Å². The number of amides is 2. The van der Waals surface area contributed by atoms with Crippen LogP contribution in [0.25, 0.3) is 11.5 Å². The summed E-state index contributed by atoms with van der Waals surface area (Å²) in [5.41, 5.74) is 1.29. The van der Waals surface area contributed by atoms with Crippen molar-refractivity contribution < 1.29 is 9.59 Å². The van der Waals surface area contributed by atoms with Crippen molar-refractivity contribution in [3.63, 3.8) is 0 Å². The average molecular weight is 383 g/mol. The van der Waals surface area contributed by atoms with E-state index in [1.165, 1.54) is 19.1 Å². The number of carbonyl (C=O) groups excluding carboxylic acids is 2. The quantitative estimate of drug-likeness (QED) is 0.717. The van der Waals surface area contributed by atoms with Gasteiger partial charge in [0.2, 0.25) is 11.9 Å². The number of nitrogens with zero attached hydrogens (tertiary/aromatic N) is 4. The van der Waals surface area contributed by atoms with Crippen molar-refractivity contribution in [2.24, 2.45) is 0 Å². The molecule has 0 aliphatic heterocycles. The van der Waals surface area contributed by atoms with Gasteiger partial charge < -0.3 is 5.32 Å². The highest BCUT2D eigenvalue weighted by molar-refractivity contribution is 6.34. The van der Waals surface area contributed by atoms with Crippen LogP contribution in [0.15, 0.2) is 42.6 Å². The lowest BCUT2D eigenvalue weighted by Gasteiger charge is -2.09. The molecule has 2 N–H and O–H groups in total. The number of pyridine rings is 1. The van der Waals surface area contributed by atoms with Crippen molar-refractivity contribution in [2.75, 3.05) is 10.6 Å². The minimum absolute atomic E-state index is 0.0927. The maximum absolute atomic E-state index is 12.5. The highest BCUT2D eigenvalue weighted by Crippen LogP contribution is 2.22. The largest absolute Gasteiger partial charge is 0.326 e. The number of nitrogens with one attached hydrogen (secondary N) is 2. The lowest BCUT2D eigenvalue weighted by molar-refractivity contribution is -0.114. The maximum atomic E-state index is 12.5. The zero-order valence-electron chi connectivity index (χ0n) is 14.5. The highest BCUT2D eigenvalue weighted by atomic mass is 35.5. The SMILES string of the molecule is CC(=O)Nc1ccc(C(=O)Nc2nc(C)nc(-c3ccccn3)n2)c(Cl)c1. The number of halogens is 1. The molecule has 1 aromatic carbocycles. The van der Waals surface area contributed by atoms with Gasteiger partial charge in [0.15, 0.2) is 5.82 Å². The third kappa shape index (κ3) is 4.62. The van der Waals surface area contributed by atoms with Gasteiger partial charge in [-0.05, 0) is 37.3 Å². The van der Waals surface area contributed by atoms with Gasteiger partial charge in [0.05, 0.1) is 10.6 Å². The van der Waals surface area contributed by atoms with Gasteiger partial charge in [-0.2, -0.15) is 9.97 Å². The summed E-state index contributed by atoms with van der Waals surface area (Å²) >= 11 is 6.16. The molecular formula is C18H15ClN6O2. The number of hydrogen-bond donors (Lipinski definition) is 2. The number of aryl methyl sites for hydroxylation is 1. The topological polar surface area (TPSA) is 110 Å². The summed E-state index contributed by atoms with van der Waals surface area (Å²) in [6.07, 6.45) is 1.63. The second-order valence-electron chi connectivity index (χ2n) is 5.57. The Morgan fingerprint density at radius 1 is 1.04 bits per heavy atom. The second-order valence-corrected chi connectivity index (χ2v) is 5.98. The van der Waals surface area contributed by atoms with E-state index in [-0.39, 0.29) is 22.4 Å². The van der Waals surface area contributed by atoms with Gasteiger partial charge in [0.25, 0.3) is 5.91 Å². The molecule has 27 heavy (non-hydrogen) atoms. The molecule has 0 spiro atoms. The molecule has 2 heterocycles. The first-order valence-electron chi connectivity index (χ1n) is 7.95. The van der Waals surface area contributed by atoms with E-state index in [2.05, 4.69) is 30.6 Å². The normalized spacial score (nSPS) is 10.3. The summed E-state index contributed by atoms with van der Waals surface area (Å²) in [5.74, 6) is 0.173. The van der Waals surface area contributed by atoms with Gasteiger partial charge in [0.1, 0.15) is 11.5 Å². The standard InChI is InChI=1S/C18H15ClN6O2/c1-10-21-16(15-5-3-4-8-20-15)24-18(22-10)25-17(27)13-7-6-12(9-14(13)19)23-11(2)26/h3-9H,1-2H3,(H,23,26)(H,21,22,24,25,27). The van der Waals surface area contributed by atoms with Crippen LogP contribution in [0, 0.1) is 6.92 Å². The highest BCUT2D eigenvalue weighted by Gasteiger charge is 2.15. The van der Waals surface area contributed by atoms with Crippen LogP contribution >= 0.6 is 11.6 Å². The Kier molecular flexibility index (Phi) is 5.37. The van der Waals surface area contributed by atoms with Crippen molar-refractivity contribution in [2.45, 2.75) is 13.8 Å². The number of hydrogen-bond acceptors (Lipinski definition) is 6. The molecule has 2 amide bonds. The summed E-state index contributed by atoms with van der Waals surface area (Å²) in [4.78, 5) is 40.4. The molecule has 8 nitrogen and oxygen atoms in total. The van der Waals surface area contributed by atoms with Crippen LogP contribution in [0.2, 0.25) is 5.02 Å². The number of carbonyl (C=O) groups is 2. The minimum atomic E-state index is -0.480. The number of anilines is 2. The molecule has 0 aliphatic rings. The Morgan fingerprint density at radius 2 is 1.85 bits per heavy atom. The first-order chi connectivity index (χ1) is 12.9. The zero-order valence-corrected chi connectivity index (χ0v) is 15.3. The fourth-order valence-corrected chi connectivity index (χ4v) is 2.56. The molecule has 0 atom stereocenters. The maximum Gasteiger partial charge on any atom is 0.259 e. The second kappa shape index (κ2) is 7.88. The van der Waals surface area contributed by atoms with E-state index in [4.69, 9.17) is 11.6 Å².